The standard InChI is InChI=1S/C22H25ClN4O2.HI/c1-24-22(26-13-11-16-7-6-8-17(23)15-16)25-12-4-5-14-27-20(28)18-9-2-3-10-19(18)21(27)29;/h2-3,6-10,15H,4-5,11-14H2,1H3,(H2,24,25,26);1H. The maximum atomic E-state index is 12.3. The van der Waals surface area contributed by atoms with Gasteiger partial charge in [0, 0.05) is 31.7 Å². The first-order chi connectivity index (χ1) is 14.1. The van der Waals surface area contributed by atoms with Gasteiger partial charge in [-0.15, -0.1) is 24.0 Å². The Hall–Kier alpha value is -2.13. The summed E-state index contributed by atoms with van der Waals surface area (Å²) < 4.78 is 0. The van der Waals surface area contributed by atoms with E-state index in [4.69, 9.17) is 11.6 Å². The Morgan fingerprint density at radius 3 is 2.27 bits per heavy atom. The number of imide groups is 1. The lowest BCUT2D eigenvalue weighted by molar-refractivity contribution is 0.0652. The summed E-state index contributed by atoms with van der Waals surface area (Å²) >= 11 is 6.00. The summed E-state index contributed by atoms with van der Waals surface area (Å²) in [6, 6.07) is 14.8. The third-order valence-electron chi connectivity index (χ3n) is 4.80. The van der Waals surface area contributed by atoms with Gasteiger partial charge in [0.2, 0.25) is 0 Å². The van der Waals surface area contributed by atoms with Gasteiger partial charge in [0.1, 0.15) is 0 Å². The maximum Gasteiger partial charge on any atom is 0.261 e. The topological polar surface area (TPSA) is 73.8 Å². The summed E-state index contributed by atoms with van der Waals surface area (Å²) in [5, 5.41) is 7.27. The molecule has 0 spiro atoms. The fraction of sp³-hybridized carbons (Fsp3) is 0.318. The molecule has 2 aromatic rings. The number of nitrogens with zero attached hydrogens (tertiary/aromatic N) is 2. The lowest BCUT2D eigenvalue weighted by Gasteiger charge is -2.15. The van der Waals surface area contributed by atoms with Gasteiger partial charge >= 0.3 is 0 Å². The Morgan fingerprint density at radius 1 is 0.967 bits per heavy atom. The van der Waals surface area contributed by atoms with Crippen LogP contribution in [0.3, 0.4) is 0 Å². The zero-order valence-electron chi connectivity index (χ0n) is 16.9. The molecule has 1 aliphatic rings. The fourth-order valence-corrected chi connectivity index (χ4v) is 3.50. The smallest absolute Gasteiger partial charge is 0.261 e. The molecule has 6 nitrogen and oxygen atoms in total. The SMILES string of the molecule is CN=C(NCCCCN1C(=O)c2ccccc2C1=O)NCCc1cccc(Cl)c1.I. The molecule has 0 atom stereocenters. The largest absolute Gasteiger partial charge is 0.356 e. The highest BCUT2D eigenvalue weighted by atomic mass is 127. The van der Waals surface area contributed by atoms with Crippen molar-refractivity contribution in [1.29, 1.82) is 0 Å². The zero-order valence-corrected chi connectivity index (χ0v) is 19.9. The summed E-state index contributed by atoms with van der Waals surface area (Å²) in [4.78, 5) is 30.2. The van der Waals surface area contributed by atoms with E-state index in [-0.39, 0.29) is 35.8 Å². The van der Waals surface area contributed by atoms with E-state index < -0.39 is 0 Å². The van der Waals surface area contributed by atoms with Crippen LogP contribution in [0.25, 0.3) is 0 Å². The van der Waals surface area contributed by atoms with E-state index in [1.165, 1.54) is 10.5 Å². The minimum absolute atomic E-state index is 0. The van der Waals surface area contributed by atoms with Crippen LogP contribution >= 0.6 is 35.6 Å². The summed E-state index contributed by atoms with van der Waals surface area (Å²) in [5.41, 5.74) is 2.17. The van der Waals surface area contributed by atoms with Crippen LogP contribution in [0.15, 0.2) is 53.5 Å². The Balaban J connectivity index is 0.00000320. The molecule has 0 unspecified atom stereocenters. The van der Waals surface area contributed by atoms with E-state index in [2.05, 4.69) is 15.6 Å². The number of unbranched alkanes of at least 4 members (excludes halogenated alkanes) is 1. The predicted molar refractivity (Wildman–Crippen MR) is 131 cm³/mol. The Morgan fingerprint density at radius 2 is 1.63 bits per heavy atom. The molecular weight excluding hydrogens is 515 g/mol. The molecule has 3 rings (SSSR count). The molecule has 1 aliphatic heterocycles. The first-order valence-electron chi connectivity index (χ1n) is 9.74. The van der Waals surface area contributed by atoms with Crippen LogP contribution in [-0.4, -0.2) is 49.4 Å². The normalized spacial score (nSPS) is 13.1. The molecule has 2 N–H and O–H groups in total. The third kappa shape index (κ3) is 6.18. The number of amides is 2. The van der Waals surface area contributed by atoms with Crippen molar-refractivity contribution in [2.45, 2.75) is 19.3 Å². The van der Waals surface area contributed by atoms with Gasteiger partial charge < -0.3 is 10.6 Å². The lowest BCUT2D eigenvalue weighted by Crippen LogP contribution is -2.39. The second-order valence-electron chi connectivity index (χ2n) is 6.82. The molecule has 8 heteroatoms. The molecule has 0 radical (unpaired) electrons. The number of aliphatic imine (C=N–C) groups is 1. The van der Waals surface area contributed by atoms with E-state index in [0.29, 0.717) is 24.2 Å². The number of rotatable bonds is 8. The van der Waals surface area contributed by atoms with E-state index in [9.17, 15) is 9.59 Å². The van der Waals surface area contributed by atoms with Crippen molar-refractivity contribution in [3.63, 3.8) is 0 Å². The van der Waals surface area contributed by atoms with Crippen molar-refractivity contribution >= 4 is 53.4 Å². The van der Waals surface area contributed by atoms with E-state index in [0.717, 1.165) is 36.8 Å². The number of carbonyl (C=O) groups is 2. The molecule has 0 saturated heterocycles. The molecule has 0 fully saturated rings. The van der Waals surface area contributed by atoms with Gasteiger partial charge in [0.05, 0.1) is 11.1 Å². The van der Waals surface area contributed by atoms with Crippen molar-refractivity contribution in [1.82, 2.24) is 15.5 Å². The van der Waals surface area contributed by atoms with E-state index in [1.54, 1.807) is 31.3 Å². The minimum atomic E-state index is -0.197. The predicted octanol–water partition coefficient (Wildman–Crippen LogP) is 3.74. The highest BCUT2D eigenvalue weighted by Gasteiger charge is 2.34. The van der Waals surface area contributed by atoms with Crippen LogP contribution in [-0.2, 0) is 6.42 Å². The summed E-state index contributed by atoms with van der Waals surface area (Å²) in [6.07, 6.45) is 2.40. The van der Waals surface area contributed by atoms with Crippen molar-refractivity contribution in [3.05, 3.63) is 70.2 Å². The second kappa shape index (κ2) is 11.9. The lowest BCUT2D eigenvalue weighted by atomic mass is 10.1. The van der Waals surface area contributed by atoms with Crippen LogP contribution in [0, 0.1) is 0 Å². The molecule has 0 saturated carbocycles. The molecule has 160 valence electrons. The van der Waals surface area contributed by atoms with Gasteiger partial charge in [-0.05, 0) is 49.1 Å². The molecule has 0 bridgehead atoms. The van der Waals surface area contributed by atoms with Crippen molar-refractivity contribution in [2.24, 2.45) is 4.99 Å². The average molecular weight is 541 g/mol. The van der Waals surface area contributed by atoms with Crippen molar-refractivity contribution in [3.8, 4) is 0 Å². The van der Waals surface area contributed by atoms with Gasteiger partial charge in [-0.1, -0.05) is 35.9 Å². The first kappa shape index (κ1) is 24.1. The van der Waals surface area contributed by atoms with E-state index in [1.807, 2.05) is 24.3 Å². The number of benzene rings is 2. The van der Waals surface area contributed by atoms with Crippen LogP contribution in [0.1, 0.15) is 39.1 Å². The molecule has 1 heterocycles. The second-order valence-corrected chi connectivity index (χ2v) is 7.26. The summed E-state index contributed by atoms with van der Waals surface area (Å²) in [7, 11) is 1.73. The number of fused-ring (bicyclic) bond motifs is 1. The summed E-state index contributed by atoms with van der Waals surface area (Å²) in [5.74, 6) is 0.335. The average Bonchev–Trinajstić information content (AvgIpc) is 2.97. The number of guanidine groups is 1. The van der Waals surface area contributed by atoms with Gasteiger partial charge in [0.25, 0.3) is 11.8 Å². The molecule has 0 aromatic heterocycles. The zero-order chi connectivity index (χ0) is 20.6. The molecule has 2 aromatic carbocycles. The number of carbonyl (C=O) groups excluding carboxylic acids is 2. The molecule has 2 amide bonds. The first-order valence-corrected chi connectivity index (χ1v) is 10.1. The number of hydrogen-bond donors (Lipinski definition) is 2. The van der Waals surface area contributed by atoms with E-state index >= 15 is 0 Å². The van der Waals surface area contributed by atoms with Gasteiger partial charge in [-0.25, -0.2) is 0 Å². The number of hydrogen-bond acceptors (Lipinski definition) is 3. The van der Waals surface area contributed by atoms with Crippen LogP contribution < -0.4 is 10.6 Å². The summed E-state index contributed by atoms with van der Waals surface area (Å²) in [6.45, 7) is 1.88. The van der Waals surface area contributed by atoms with Gasteiger partial charge in [0.15, 0.2) is 5.96 Å². The Labute approximate surface area is 199 Å². The van der Waals surface area contributed by atoms with Crippen LogP contribution in [0.4, 0.5) is 0 Å². The highest BCUT2D eigenvalue weighted by molar-refractivity contribution is 14.0. The highest BCUT2D eigenvalue weighted by Crippen LogP contribution is 2.22. The number of nitrogens with one attached hydrogen (secondary N) is 2. The third-order valence-corrected chi connectivity index (χ3v) is 5.03. The van der Waals surface area contributed by atoms with Crippen LogP contribution in [0.2, 0.25) is 5.02 Å². The molecule has 0 aliphatic carbocycles. The van der Waals surface area contributed by atoms with Gasteiger partial charge in [-0.2, -0.15) is 0 Å². The van der Waals surface area contributed by atoms with Crippen LogP contribution in [0.5, 0.6) is 0 Å². The van der Waals surface area contributed by atoms with Crippen molar-refractivity contribution in [2.75, 3.05) is 26.7 Å². The Bertz CT molecular complexity index is 885. The van der Waals surface area contributed by atoms with Gasteiger partial charge in [-0.3, -0.25) is 19.5 Å². The maximum absolute atomic E-state index is 12.3. The van der Waals surface area contributed by atoms with Crippen molar-refractivity contribution < 1.29 is 9.59 Å². The Kier molecular flexibility index (Phi) is 9.58. The number of halogens is 2. The monoisotopic (exact) mass is 540 g/mol. The molecule has 30 heavy (non-hydrogen) atoms. The molecular formula is C22H26ClIN4O2. The fourth-order valence-electron chi connectivity index (χ4n) is 3.28. The quantitative estimate of drug-likeness (QED) is 0.176. The minimum Gasteiger partial charge on any atom is -0.356 e.